The van der Waals surface area contributed by atoms with Gasteiger partial charge in [0.2, 0.25) is 0 Å². The molecule has 2 atom stereocenters. The van der Waals surface area contributed by atoms with Crippen molar-refractivity contribution in [1.29, 1.82) is 0 Å². The second-order valence-corrected chi connectivity index (χ2v) is 19.0. The maximum absolute atomic E-state index is 6.68. The van der Waals surface area contributed by atoms with Crippen molar-refractivity contribution in [3.63, 3.8) is 0 Å². The molecule has 11 rings (SSSR count). The summed E-state index contributed by atoms with van der Waals surface area (Å²) in [6.45, 7) is 4.96. The van der Waals surface area contributed by atoms with Gasteiger partial charge in [-0.15, -0.1) is 0 Å². The molecular weight excluding hydrogens is 667 g/mol. The topological polar surface area (TPSA) is 48.1 Å². The van der Waals surface area contributed by atoms with Crippen LogP contribution in [0.25, 0.3) is 33.3 Å². The first-order valence-corrected chi connectivity index (χ1v) is 21.2. The highest BCUT2D eigenvalue weighted by molar-refractivity contribution is 7.02. The van der Waals surface area contributed by atoms with E-state index in [-0.39, 0.29) is 11.8 Å². The normalized spacial score (nSPS) is 17.8. The van der Waals surface area contributed by atoms with E-state index < -0.39 is 8.07 Å². The highest BCUT2D eigenvalue weighted by atomic mass is 28.3. The summed E-state index contributed by atoms with van der Waals surface area (Å²) in [6.07, 6.45) is 12.4. The first-order chi connectivity index (χ1) is 26.0. The van der Waals surface area contributed by atoms with Crippen LogP contribution in [0.5, 0.6) is 5.75 Å². The summed E-state index contributed by atoms with van der Waals surface area (Å²) in [5, 5.41) is 5.15. The monoisotopic (exact) mass is 701 g/mol. The van der Waals surface area contributed by atoms with Crippen molar-refractivity contribution in [1.82, 2.24) is 19.1 Å². The van der Waals surface area contributed by atoms with Crippen LogP contribution in [-0.4, -0.2) is 27.2 Å². The van der Waals surface area contributed by atoms with Gasteiger partial charge in [-0.25, -0.2) is 9.97 Å². The molecule has 6 nitrogen and oxygen atoms in total. The van der Waals surface area contributed by atoms with E-state index in [0.29, 0.717) is 0 Å². The van der Waals surface area contributed by atoms with Crippen LogP contribution >= 0.6 is 0 Å². The van der Waals surface area contributed by atoms with Gasteiger partial charge >= 0.3 is 0 Å². The summed E-state index contributed by atoms with van der Waals surface area (Å²) in [6, 6.07) is 45.8. The van der Waals surface area contributed by atoms with Crippen molar-refractivity contribution in [2.24, 2.45) is 0 Å². The molecule has 254 valence electrons. The molecule has 2 unspecified atom stereocenters. The Labute approximate surface area is 308 Å². The number of benzene rings is 5. The number of para-hydroxylation sites is 3. The van der Waals surface area contributed by atoms with Gasteiger partial charge in [-0.1, -0.05) is 79.8 Å². The number of allylic oxidation sites excluding steroid dienone is 3. The molecule has 0 spiro atoms. The maximum atomic E-state index is 6.68. The zero-order valence-corrected chi connectivity index (χ0v) is 30.4. The number of hydrogen-bond donors (Lipinski definition) is 0. The molecule has 8 aromatic rings. The van der Waals surface area contributed by atoms with Gasteiger partial charge in [0.15, 0.2) is 0 Å². The average Bonchev–Trinajstić information content (AvgIpc) is 3.82. The van der Waals surface area contributed by atoms with Crippen molar-refractivity contribution in [3.05, 3.63) is 181 Å². The van der Waals surface area contributed by atoms with Crippen molar-refractivity contribution in [2.45, 2.75) is 24.9 Å². The molecule has 7 heteroatoms. The molecule has 0 amide bonds. The lowest BCUT2D eigenvalue weighted by Gasteiger charge is -2.41. The molecule has 5 heterocycles. The molecule has 53 heavy (non-hydrogen) atoms. The lowest BCUT2D eigenvalue weighted by atomic mass is 9.79. The lowest BCUT2D eigenvalue weighted by Crippen LogP contribution is -2.58. The number of rotatable bonds is 4. The van der Waals surface area contributed by atoms with Crippen LogP contribution in [0.1, 0.15) is 23.2 Å². The Bertz CT molecular complexity index is 2830. The predicted molar refractivity (Wildman–Crippen MR) is 217 cm³/mol. The molecule has 0 saturated heterocycles. The van der Waals surface area contributed by atoms with Crippen LogP contribution in [0.15, 0.2) is 170 Å². The summed E-state index contributed by atoms with van der Waals surface area (Å²) in [4.78, 5) is 12.2. The Hall–Kier alpha value is -6.44. The van der Waals surface area contributed by atoms with Gasteiger partial charge < -0.3 is 14.2 Å². The Balaban J connectivity index is 1.04. The van der Waals surface area contributed by atoms with Gasteiger partial charge in [-0.05, 0) is 88.8 Å². The number of pyridine rings is 1. The minimum atomic E-state index is -2.12. The highest BCUT2D eigenvalue weighted by Crippen LogP contribution is 2.46. The van der Waals surface area contributed by atoms with Crippen molar-refractivity contribution in [3.8, 4) is 17.1 Å². The van der Waals surface area contributed by atoms with Crippen LogP contribution in [0.3, 0.4) is 0 Å². The number of aromatic nitrogens is 4. The van der Waals surface area contributed by atoms with Crippen molar-refractivity contribution >= 4 is 57.4 Å². The minimum Gasteiger partial charge on any atom is -0.458 e. The molecule has 0 N–H and O–H groups in total. The molecule has 0 radical (unpaired) electrons. The highest BCUT2D eigenvalue weighted by Gasteiger charge is 2.39. The third kappa shape index (κ3) is 4.44. The quantitative estimate of drug-likeness (QED) is 0.172. The number of ether oxygens (including phenoxy) is 1. The van der Waals surface area contributed by atoms with Crippen LogP contribution in [0.2, 0.25) is 13.1 Å². The van der Waals surface area contributed by atoms with Gasteiger partial charge in [0, 0.05) is 64.3 Å². The summed E-state index contributed by atoms with van der Waals surface area (Å²) in [5.41, 5.74) is 9.27. The molecule has 3 aliphatic rings. The second-order valence-electron chi connectivity index (χ2n) is 14.7. The average molecular weight is 702 g/mol. The molecule has 0 saturated carbocycles. The second kappa shape index (κ2) is 11.3. The fourth-order valence-corrected chi connectivity index (χ4v) is 11.9. The number of fused-ring (bicyclic) bond motifs is 11. The molecular formula is C46H35N5OSi. The fraction of sp³-hybridized carbons (Fsp3) is 0.0870. The first-order valence-electron chi connectivity index (χ1n) is 18.2. The van der Waals surface area contributed by atoms with E-state index in [0.717, 1.165) is 45.3 Å². The third-order valence-corrected chi connectivity index (χ3v) is 14.9. The zero-order valence-electron chi connectivity index (χ0n) is 29.4. The summed E-state index contributed by atoms with van der Waals surface area (Å²) in [5.74, 6) is 2.93. The van der Waals surface area contributed by atoms with E-state index in [1.807, 2.05) is 24.5 Å². The van der Waals surface area contributed by atoms with Gasteiger partial charge in [0.1, 0.15) is 31.1 Å². The molecule has 1 aliphatic carbocycles. The van der Waals surface area contributed by atoms with Gasteiger partial charge in [0.25, 0.3) is 0 Å². The largest absolute Gasteiger partial charge is 0.458 e. The number of anilines is 3. The standard InChI is InChI=1S/C46H35N5OSi/c1-53(2)43-20-9-8-19-40(43)50(30-12-4-3-5-13-30)42-28-37-36-17-11-23-47-46(36)51(41(37)29-44(42)53)31-14-10-15-32(26-31)52-33-21-22-34-35-16-6-7-18-39(35)49-25-24-48-45(49)38(34)27-33/h3-29,34,38H,1-2H3. The Kier molecular flexibility index (Phi) is 6.43. The lowest BCUT2D eigenvalue weighted by molar-refractivity contribution is 0.430. The van der Waals surface area contributed by atoms with Crippen molar-refractivity contribution in [2.75, 3.05) is 4.90 Å². The number of nitrogens with zero attached hydrogens (tertiary/aromatic N) is 5. The molecule has 5 aromatic carbocycles. The maximum Gasteiger partial charge on any atom is 0.145 e. The molecule has 3 aromatic heterocycles. The van der Waals surface area contributed by atoms with Crippen LogP contribution in [0, 0.1) is 0 Å². The van der Waals surface area contributed by atoms with Crippen LogP contribution < -0.4 is 20.0 Å². The SMILES string of the molecule is C[Si]1(C)c2ccccc2N(c2ccccc2)c2cc3c4cccnc4n(-c4cccc(OC5=CC6c7nccn7-c7ccccc7C6C=C5)c4)c3cc21. The van der Waals surface area contributed by atoms with Crippen LogP contribution in [0.4, 0.5) is 17.1 Å². The van der Waals surface area contributed by atoms with E-state index in [1.54, 1.807) is 0 Å². The predicted octanol–water partition coefficient (Wildman–Crippen LogP) is 9.68. The van der Waals surface area contributed by atoms with E-state index in [2.05, 4.69) is 167 Å². The smallest absolute Gasteiger partial charge is 0.145 e. The van der Waals surface area contributed by atoms with E-state index in [9.17, 15) is 0 Å². The Morgan fingerprint density at radius 2 is 1.45 bits per heavy atom. The van der Waals surface area contributed by atoms with Gasteiger partial charge in [-0.3, -0.25) is 4.57 Å². The Morgan fingerprint density at radius 3 is 2.36 bits per heavy atom. The van der Waals surface area contributed by atoms with Crippen molar-refractivity contribution < 1.29 is 4.74 Å². The summed E-state index contributed by atoms with van der Waals surface area (Å²) in [7, 11) is -2.12. The Morgan fingerprint density at radius 1 is 0.642 bits per heavy atom. The van der Waals surface area contributed by atoms with E-state index in [1.165, 1.54) is 38.4 Å². The van der Waals surface area contributed by atoms with Gasteiger partial charge in [-0.2, -0.15) is 0 Å². The summed E-state index contributed by atoms with van der Waals surface area (Å²) < 4.78 is 11.2. The van der Waals surface area contributed by atoms with Crippen LogP contribution in [-0.2, 0) is 0 Å². The van der Waals surface area contributed by atoms with Gasteiger partial charge in [0.05, 0.1) is 16.9 Å². The minimum absolute atomic E-state index is 0.0869. The van der Waals surface area contributed by atoms with E-state index in [4.69, 9.17) is 14.7 Å². The summed E-state index contributed by atoms with van der Waals surface area (Å²) >= 11 is 0. The number of imidazole rings is 1. The first kappa shape index (κ1) is 30.2. The molecule has 2 aliphatic heterocycles. The fourth-order valence-electron chi connectivity index (χ4n) is 8.98. The third-order valence-electron chi connectivity index (χ3n) is 11.4. The molecule has 0 bridgehead atoms. The zero-order chi connectivity index (χ0) is 35.3. The van der Waals surface area contributed by atoms with E-state index >= 15 is 0 Å². The number of hydrogen-bond acceptors (Lipinski definition) is 4. The molecule has 0 fully saturated rings.